The van der Waals surface area contributed by atoms with Crippen LogP contribution in [-0.2, 0) is 11.3 Å². The monoisotopic (exact) mass is 532 g/mol. The summed E-state index contributed by atoms with van der Waals surface area (Å²) in [5.41, 5.74) is 1.46. The zero-order valence-electron chi connectivity index (χ0n) is 21.5. The van der Waals surface area contributed by atoms with Crippen molar-refractivity contribution in [1.29, 1.82) is 0 Å². The number of aromatic nitrogens is 1. The third-order valence-corrected chi connectivity index (χ3v) is 6.55. The molecule has 11 heteroatoms. The van der Waals surface area contributed by atoms with Crippen molar-refractivity contribution in [2.24, 2.45) is 0 Å². The van der Waals surface area contributed by atoms with Gasteiger partial charge in [-0.3, -0.25) is 19.4 Å². The molecule has 202 valence electrons. The van der Waals surface area contributed by atoms with Crippen molar-refractivity contribution in [3.8, 4) is 23.0 Å². The van der Waals surface area contributed by atoms with Crippen molar-refractivity contribution in [3.05, 3.63) is 77.6 Å². The minimum absolute atomic E-state index is 0.212. The molecule has 6 rings (SSSR count). The molecule has 0 saturated carbocycles. The van der Waals surface area contributed by atoms with Crippen molar-refractivity contribution in [2.75, 3.05) is 33.9 Å². The van der Waals surface area contributed by atoms with Gasteiger partial charge in [-0.15, -0.1) is 0 Å². The molecule has 1 saturated heterocycles. The van der Waals surface area contributed by atoms with E-state index >= 15 is 0 Å². The first-order chi connectivity index (χ1) is 18.9. The fourth-order valence-electron chi connectivity index (χ4n) is 4.54. The average molecular weight is 533 g/mol. The molecule has 1 aromatic heterocycles. The maximum atomic E-state index is 13.4. The molecule has 2 atom stereocenters. The Morgan fingerprint density at radius 1 is 1.05 bits per heavy atom. The van der Waals surface area contributed by atoms with E-state index < -0.39 is 18.1 Å². The zero-order valence-corrected chi connectivity index (χ0v) is 21.5. The molecule has 3 aliphatic heterocycles. The Kier molecular flexibility index (Phi) is 7.48. The summed E-state index contributed by atoms with van der Waals surface area (Å²) in [6.45, 7) is 0.429. The molecule has 2 aromatic carbocycles. The summed E-state index contributed by atoms with van der Waals surface area (Å²) in [7, 11) is 3.01. The Labute approximate surface area is 225 Å². The van der Waals surface area contributed by atoms with Crippen LogP contribution in [0, 0.1) is 0 Å². The molecule has 3 amide bonds. The van der Waals surface area contributed by atoms with Gasteiger partial charge in [0.25, 0.3) is 17.7 Å². The number of hydrogen-bond donors (Lipinski definition) is 2. The van der Waals surface area contributed by atoms with Gasteiger partial charge in [0.15, 0.2) is 6.61 Å². The number of likely N-dealkylation sites (tertiary alicyclic amines) is 1. The van der Waals surface area contributed by atoms with Gasteiger partial charge in [0, 0.05) is 48.7 Å². The fraction of sp³-hybridized carbons (Fsp3) is 0.286. The average Bonchev–Trinajstić information content (AvgIpc) is 3.36. The maximum absolute atomic E-state index is 13.4. The number of amides is 3. The number of nitrogens with zero attached hydrogens (tertiary/aromatic N) is 2. The van der Waals surface area contributed by atoms with E-state index in [0.717, 1.165) is 5.56 Å². The Hall–Kier alpha value is -4.80. The Morgan fingerprint density at radius 3 is 2.69 bits per heavy atom. The van der Waals surface area contributed by atoms with E-state index in [-0.39, 0.29) is 43.6 Å². The highest BCUT2D eigenvalue weighted by atomic mass is 16.5. The summed E-state index contributed by atoms with van der Waals surface area (Å²) >= 11 is 0. The summed E-state index contributed by atoms with van der Waals surface area (Å²) in [4.78, 5) is 44.7. The number of nitrogens with one attached hydrogen (secondary N) is 2. The number of carbonyl (C=O) groups is 3. The summed E-state index contributed by atoms with van der Waals surface area (Å²) in [6.07, 6.45) is 2.55. The number of ether oxygens (including phenoxy) is 4. The fourth-order valence-corrected chi connectivity index (χ4v) is 4.54. The lowest BCUT2D eigenvalue weighted by Crippen LogP contribution is -2.45. The van der Waals surface area contributed by atoms with Crippen LogP contribution < -0.4 is 29.6 Å². The van der Waals surface area contributed by atoms with Gasteiger partial charge in [0.2, 0.25) is 0 Å². The second kappa shape index (κ2) is 11.3. The molecule has 4 heterocycles. The molecule has 4 bridgehead atoms. The Morgan fingerprint density at radius 2 is 1.92 bits per heavy atom. The molecular weight excluding hydrogens is 504 g/mol. The summed E-state index contributed by atoms with van der Waals surface area (Å²) in [5, 5.41) is 5.80. The number of benzene rings is 2. The van der Waals surface area contributed by atoms with Crippen LogP contribution in [0.15, 0.2) is 60.9 Å². The van der Waals surface area contributed by atoms with Crippen molar-refractivity contribution < 1.29 is 33.3 Å². The molecule has 0 spiro atoms. The van der Waals surface area contributed by atoms with E-state index in [1.807, 2.05) is 0 Å². The predicted molar refractivity (Wildman–Crippen MR) is 139 cm³/mol. The second-order valence-electron chi connectivity index (χ2n) is 9.12. The summed E-state index contributed by atoms with van der Waals surface area (Å²) in [6, 6.07) is 12.8. The number of pyridine rings is 1. The standard InChI is InChI=1S/C28H28N4O7/c1-36-21-8-19-9-22(10-21)38-16-26(33)30-13-17-5-6-20(11-24(17)37-2)39-25-15-32(14-23(25)31-27(19)34)28(35)18-4-3-7-29-12-18/h3-12,23,25H,13-16H2,1-2H3,(H,30,33)(H,31,34)/t23-,25-/m0/s1. The lowest BCUT2D eigenvalue weighted by molar-refractivity contribution is -0.123. The molecule has 3 aromatic rings. The molecule has 11 nitrogen and oxygen atoms in total. The van der Waals surface area contributed by atoms with Gasteiger partial charge in [-0.25, -0.2) is 0 Å². The highest BCUT2D eigenvalue weighted by molar-refractivity contribution is 5.96. The van der Waals surface area contributed by atoms with Crippen LogP contribution in [0.3, 0.4) is 0 Å². The lowest BCUT2D eigenvalue weighted by atomic mass is 10.1. The molecule has 3 aliphatic rings. The number of carbonyl (C=O) groups excluding carboxylic acids is 3. The molecule has 0 radical (unpaired) electrons. The minimum atomic E-state index is -0.554. The third-order valence-electron chi connectivity index (χ3n) is 6.55. The smallest absolute Gasteiger partial charge is 0.258 e. The zero-order chi connectivity index (χ0) is 27.4. The molecule has 0 unspecified atom stereocenters. The van der Waals surface area contributed by atoms with Gasteiger partial charge < -0.3 is 34.5 Å². The molecule has 0 aliphatic carbocycles. The quantitative estimate of drug-likeness (QED) is 0.523. The molecule has 1 fully saturated rings. The lowest BCUT2D eigenvalue weighted by Gasteiger charge is -2.22. The van der Waals surface area contributed by atoms with Crippen molar-refractivity contribution in [2.45, 2.75) is 18.7 Å². The first kappa shape index (κ1) is 25.8. The Bertz CT molecular complexity index is 1380. The summed E-state index contributed by atoms with van der Waals surface area (Å²) in [5.74, 6) is 0.753. The predicted octanol–water partition coefficient (Wildman–Crippen LogP) is 1.81. The van der Waals surface area contributed by atoms with Gasteiger partial charge in [-0.2, -0.15) is 0 Å². The van der Waals surface area contributed by atoms with Crippen LogP contribution in [-0.4, -0.2) is 73.7 Å². The maximum Gasteiger partial charge on any atom is 0.258 e. The first-order valence-electron chi connectivity index (χ1n) is 12.4. The van der Waals surface area contributed by atoms with E-state index in [4.69, 9.17) is 18.9 Å². The second-order valence-corrected chi connectivity index (χ2v) is 9.12. The summed E-state index contributed by atoms with van der Waals surface area (Å²) < 4.78 is 22.8. The van der Waals surface area contributed by atoms with Gasteiger partial charge in [0.05, 0.1) is 32.4 Å². The first-order valence-corrected chi connectivity index (χ1v) is 12.4. The normalized spacial score (nSPS) is 19.1. The van der Waals surface area contributed by atoms with Crippen LogP contribution in [0.25, 0.3) is 0 Å². The van der Waals surface area contributed by atoms with Crippen molar-refractivity contribution >= 4 is 17.7 Å². The van der Waals surface area contributed by atoms with Gasteiger partial charge >= 0.3 is 0 Å². The van der Waals surface area contributed by atoms with E-state index in [9.17, 15) is 14.4 Å². The van der Waals surface area contributed by atoms with E-state index in [1.54, 1.807) is 53.6 Å². The van der Waals surface area contributed by atoms with E-state index in [2.05, 4.69) is 15.6 Å². The molecule has 39 heavy (non-hydrogen) atoms. The third kappa shape index (κ3) is 5.87. The van der Waals surface area contributed by atoms with E-state index in [1.165, 1.54) is 26.5 Å². The molecule has 2 N–H and O–H groups in total. The van der Waals surface area contributed by atoms with Gasteiger partial charge in [-0.05, 0) is 36.4 Å². The SMILES string of the molecule is COc1cc2cc(c1)C(=O)N[C@H]1CN(C(=O)c3cccnc3)C[C@@H]1Oc1ccc(c(OC)c1)CNC(=O)CO2. The number of hydrogen-bond acceptors (Lipinski definition) is 8. The Balaban J connectivity index is 1.49. The highest BCUT2D eigenvalue weighted by Gasteiger charge is 2.38. The van der Waals surface area contributed by atoms with Crippen LogP contribution >= 0.6 is 0 Å². The van der Waals surface area contributed by atoms with Crippen LogP contribution in [0.1, 0.15) is 26.3 Å². The molecular formula is C28H28N4O7. The van der Waals surface area contributed by atoms with Crippen LogP contribution in [0.5, 0.6) is 23.0 Å². The number of methoxy groups -OCH3 is 2. The van der Waals surface area contributed by atoms with Gasteiger partial charge in [-0.1, -0.05) is 0 Å². The number of rotatable bonds is 3. The van der Waals surface area contributed by atoms with Crippen LogP contribution in [0.4, 0.5) is 0 Å². The highest BCUT2D eigenvalue weighted by Crippen LogP contribution is 2.28. The van der Waals surface area contributed by atoms with Crippen molar-refractivity contribution in [1.82, 2.24) is 20.5 Å². The van der Waals surface area contributed by atoms with Gasteiger partial charge in [0.1, 0.15) is 29.1 Å². The largest absolute Gasteiger partial charge is 0.497 e. The van der Waals surface area contributed by atoms with E-state index in [0.29, 0.717) is 28.6 Å². The topological polar surface area (TPSA) is 128 Å². The van der Waals surface area contributed by atoms with Crippen LogP contribution in [0.2, 0.25) is 0 Å². The number of fused-ring (bicyclic) bond motifs is 7. The minimum Gasteiger partial charge on any atom is -0.497 e. The van der Waals surface area contributed by atoms with Crippen molar-refractivity contribution in [3.63, 3.8) is 0 Å².